The zero-order valence-electron chi connectivity index (χ0n) is 8.51. The summed E-state index contributed by atoms with van der Waals surface area (Å²) in [5.74, 6) is -0.482. The van der Waals surface area contributed by atoms with E-state index >= 15 is 0 Å². The maximum atomic E-state index is 12.3. The number of carbonyl (C=O) groups excluding carboxylic acids is 1. The normalized spacial score (nSPS) is 15.5. The number of fused-ring (bicyclic) bond motifs is 1. The standard InChI is InChI=1S/C10H8ClF3N2O/c11-6-1-2-8-7(3-6)15-9(17)4-16(8)5-10(12,13)14/h1-3H,4-5H2,(H,15,17). The fourth-order valence-corrected chi connectivity index (χ4v) is 1.86. The number of hydrogen-bond donors (Lipinski definition) is 1. The minimum Gasteiger partial charge on any atom is -0.351 e. The maximum Gasteiger partial charge on any atom is 0.405 e. The summed E-state index contributed by atoms with van der Waals surface area (Å²) in [6, 6.07) is 4.38. The first-order valence-corrected chi connectivity index (χ1v) is 5.14. The van der Waals surface area contributed by atoms with E-state index in [4.69, 9.17) is 11.6 Å². The Kier molecular flexibility index (Phi) is 2.91. The van der Waals surface area contributed by atoms with E-state index in [2.05, 4.69) is 5.32 Å². The molecule has 0 saturated carbocycles. The molecule has 0 radical (unpaired) electrons. The summed E-state index contributed by atoms with van der Waals surface area (Å²) in [5, 5.41) is 2.84. The molecular formula is C10H8ClF3N2O. The van der Waals surface area contributed by atoms with Crippen molar-refractivity contribution >= 4 is 28.9 Å². The molecule has 2 rings (SSSR count). The van der Waals surface area contributed by atoms with Gasteiger partial charge >= 0.3 is 6.18 Å². The molecule has 3 nitrogen and oxygen atoms in total. The van der Waals surface area contributed by atoms with Crippen LogP contribution in [-0.4, -0.2) is 25.2 Å². The fraction of sp³-hybridized carbons (Fsp3) is 0.300. The molecule has 1 N–H and O–H groups in total. The highest BCUT2D eigenvalue weighted by atomic mass is 35.5. The smallest absolute Gasteiger partial charge is 0.351 e. The molecule has 0 bridgehead atoms. The Morgan fingerprint density at radius 1 is 1.41 bits per heavy atom. The first-order chi connectivity index (χ1) is 7.85. The highest BCUT2D eigenvalue weighted by Gasteiger charge is 2.34. The van der Waals surface area contributed by atoms with Crippen LogP contribution in [0.2, 0.25) is 5.02 Å². The number of benzene rings is 1. The average Bonchev–Trinajstić information content (AvgIpc) is 2.13. The predicted molar refractivity (Wildman–Crippen MR) is 58.3 cm³/mol. The Labute approximate surface area is 100 Å². The molecule has 1 aliphatic rings. The lowest BCUT2D eigenvalue weighted by Gasteiger charge is -2.31. The van der Waals surface area contributed by atoms with Crippen LogP contribution in [0.4, 0.5) is 24.5 Å². The molecule has 1 amide bonds. The van der Waals surface area contributed by atoms with Gasteiger partial charge in [-0.05, 0) is 18.2 Å². The number of nitrogens with zero attached hydrogens (tertiary/aromatic N) is 1. The largest absolute Gasteiger partial charge is 0.405 e. The zero-order valence-corrected chi connectivity index (χ0v) is 9.27. The van der Waals surface area contributed by atoms with Crippen LogP contribution in [0.5, 0.6) is 0 Å². The zero-order chi connectivity index (χ0) is 12.6. The molecule has 0 unspecified atom stereocenters. The first-order valence-electron chi connectivity index (χ1n) is 4.76. The lowest BCUT2D eigenvalue weighted by molar-refractivity contribution is -0.122. The van der Waals surface area contributed by atoms with Crippen molar-refractivity contribution in [2.75, 3.05) is 23.3 Å². The van der Waals surface area contributed by atoms with Gasteiger partial charge in [0.1, 0.15) is 6.54 Å². The summed E-state index contributed by atoms with van der Waals surface area (Å²) >= 11 is 5.71. The molecular weight excluding hydrogens is 257 g/mol. The Morgan fingerprint density at radius 2 is 2.12 bits per heavy atom. The lowest BCUT2D eigenvalue weighted by atomic mass is 10.2. The van der Waals surface area contributed by atoms with E-state index in [1.807, 2.05) is 0 Å². The van der Waals surface area contributed by atoms with E-state index < -0.39 is 18.6 Å². The number of hydrogen-bond acceptors (Lipinski definition) is 2. The number of halogens is 4. The highest BCUT2D eigenvalue weighted by Crippen LogP contribution is 2.33. The van der Waals surface area contributed by atoms with Crippen LogP contribution in [0.1, 0.15) is 0 Å². The van der Waals surface area contributed by atoms with E-state index in [9.17, 15) is 18.0 Å². The molecule has 0 fully saturated rings. The van der Waals surface area contributed by atoms with Crippen molar-refractivity contribution in [2.45, 2.75) is 6.18 Å². The van der Waals surface area contributed by atoms with Crippen molar-refractivity contribution in [1.29, 1.82) is 0 Å². The van der Waals surface area contributed by atoms with Crippen LogP contribution in [-0.2, 0) is 4.79 Å². The van der Waals surface area contributed by atoms with E-state index in [1.165, 1.54) is 18.2 Å². The Bertz CT molecular complexity index is 461. The van der Waals surface area contributed by atoms with Crippen LogP contribution < -0.4 is 10.2 Å². The van der Waals surface area contributed by atoms with Gasteiger partial charge < -0.3 is 10.2 Å². The van der Waals surface area contributed by atoms with Gasteiger partial charge in [-0.1, -0.05) is 11.6 Å². The second-order valence-electron chi connectivity index (χ2n) is 3.68. The van der Waals surface area contributed by atoms with Gasteiger partial charge in [0.05, 0.1) is 17.9 Å². The maximum absolute atomic E-state index is 12.3. The number of anilines is 2. The van der Waals surface area contributed by atoms with E-state index in [-0.39, 0.29) is 6.54 Å². The molecule has 0 aliphatic carbocycles. The molecule has 7 heteroatoms. The summed E-state index contributed by atoms with van der Waals surface area (Å²) in [6.45, 7) is -1.47. The van der Waals surface area contributed by atoms with Gasteiger partial charge in [-0.3, -0.25) is 4.79 Å². The molecule has 1 aliphatic heterocycles. The Hall–Kier alpha value is -1.43. The molecule has 0 aromatic heterocycles. The van der Waals surface area contributed by atoms with Gasteiger partial charge in [0.2, 0.25) is 5.91 Å². The second-order valence-corrected chi connectivity index (χ2v) is 4.12. The average molecular weight is 265 g/mol. The number of rotatable bonds is 1. The third-order valence-corrected chi connectivity index (χ3v) is 2.51. The predicted octanol–water partition coefficient (Wildman–Crippen LogP) is 2.66. The van der Waals surface area contributed by atoms with Gasteiger partial charge in [0.25, 0.3) is 0 Å². The summed E-state index contributed by atoms with van der Waals surface area (Å²) < 4.78 is 37.0. The molecule has 0 saturated heterocycles. The monoisotopic (exact) mass is 264 g/mol. The Morgan fingerprint density at radius 3 is 2.76 bits per heavy atom. The van der Waals surface area contributed by atoms with Crippen molar-refractivity contribution < 1.29 is 18.0 Å². The second kappa shape index (κ2) is 4.10. The number of amides is 1. The molecule has 0 atom stereocenters. The molecule has 0 spiro atoms. The van der Waals surface area contributed by atoms with Gasteiger partial charge in [-0.15, -0.1) is 0 Å². The summed E-state index contributed by atoms with van der Waals surface area (Å²) in [4.78, 5) is 12.2. The topological polar surface area (TPSA) is 32.3 Å². The quantitative estimate of drug-likeness (QED) is 0.846. The molecule has 1 heterocycles. The third kappa shape index (κ3) is 2.82. The number of nitrogens with one attached hydrogen (secondary N) is 1. The van der Waals surface area contributed by atoms with Crippen molar-refractivity contribution in [2.24, 2.45) is 0 Å². The van der Waals surface area contributed by atoms with Crippen molar-refractivity contribution in [3.05, 3.63) is 23.2 Å². The van der Waals surface area contributed by atoms with Crippen LogP contribution in [0.25, 0.3) is 0 Å². The van der Waals surface area contributed by atoms with Crippen molar-refractivity contribution in [3.8, 4) is 0 Å². The van der Waals surface area contributed by atoms with Gasteiger partial charge in [0.15, 0.2) is 0 Å². The van der Waals surface area contributed by atoms with Crippen LogP contribution in [0.3, 0.4) is 0 Å². The number of carbonyl (C=O) groups is 1. The minimum atomic E-state index is -4.35. The summed E-state index contributed by atoms with van der Waals surface area (Å²) in [7, 11) is 0. The fourth-order valence-electron chi connectivity index (χ4n) is 1.69. The van der Waals surface area contributed by atoms with Crippen LogP contribution in [0.15, 0.2) is 18.2 Å². The molecule has 17 heavy (non-hydrogen) atoms. The van der Waals surface area contributed by atoms with Crippen molar-refractivity contribution in [3.63, 3.8) is 0 Å². The first kappa shape index (κ1) is 12.0. The van der Waals surface area contributed by atoms with Crippen LogP contribution >= 0.6 is 11.6 Å². The van der Waals surface area contributed by atoms with E-state index in [0.29, 0.717) is 16.4 Å². The molecule has 1 aromatic carbocycles. The van der Waals surface area contributed by atoms with Gasteiger partial charge in [-0.25, -0.2) is 0 Å². The highest BCUT2D eigenvalue weighted by molar-refractivity contribution is 6.31. The lowest BCUT2D eigenvalue weighted by Crippen LogP contribution is -2.43. The number of alkyl halides is 3. The molecule has 92 valence electrons. The van der Waals surface area contributed by atoms with E-state index in [1.54, 1.807) is 0 Å². The summed E-state index contributed by atoms with van der Waals surface area (Å²) in [5.41, 5.74) is 0.629. The SMILES string of the molecule is O=C1CN(CC(F)(F)F)c2ccc(Cl)cc2N1. The third-order valence-electron chi connectivity index (χ3n) is 2.28. The minimum absolute atomic E-state index is 0.304. The van der Waals surface area contributed by atoms with Gasteiger partial charge in [0, 0.05) is 5.02 Å². The Balaban J connectivity index is 2.34. The van der Waals surface area contributed by atoms with Gasteiger partial charge in [-0.2, -0.15) is 13.2 Å². The van der Waals surface area contributed by atoms with Crippen molar-refractivity contribution in [1.82, 2.24) is 0 Å². The van der Waals surface area contributed by atoms with E-state index in [0.717, 1.165) is 4.90 Å². The van der Waals surface area contributed by atoms with Crippen LogP contribution in [0, 0.1) is 0 Å². The summed E-state index contributed by atoms with van der Waals surface area (Å²) in [6.07, 6.45) is -4.35. The molecule has 1 aromatic rings.